The number of fused-ring (bicyclic) bond motifs is 1. The summed E-state index contributed by atoms with van der Waals surface area (Å²) in [4.78, 5) is 0. The van der Waals surface area contributed by atoms with Gasteiger partial charge < -0.3 is 10.5 Å². The number of hydrogen-bond acceptors (Lipinski definition) is 2. The Labute approximate surface area is 84.4 Å². The second kappa shape index (κ2) is 4.29. The smallest absolute Gasteiger partial charge is 0.123 e. The molecule has 1 aromatic carbocycles. The van der Waals surface area contributed by atoms with E-state index in [1.54, 1.807) is 0 Å². The van der Waals surface area contributed by atoms with Gasteiger partial charge in [-0.3, -0.25) is 0 Å². The van der Waals surface area contributed by atoms with Crippen molar-refractivity contribution in [2.75, 3.05) is 13.2 Å². The first-order valence-electron chi connectivity index (χ1n) is 5.03. The molecular formula is C12H15NO. The van der Waals surface area contributed by atoms with E-state index in [-0.39, 0.29) is 0 Å². The molecule has 1 aliphatic heterocycles. The maximum atomic E-state index is 5.58. The summed E-state index contributed by atoms with van der Waals surface area (Å²) in [5.74, 6) is 1.04. The van der Waals surface area contributed by atoms with Crippen molar-refractivity contribution in [1.82, 2.24) is 0 Å². The van der Waals surface area contributed by atoms with Gasteiger partial charge in [0, 0.05) is 12.1 Å². The lowest BCUT2D eigenvalue weighted by atomic mass is 10.00. The van der Waals surface area contributed by atoms with Gasteiger partial charge in [-0.05, 0) is 24.5 Å². The average Bonchev–Trinajstić information content (AvgIpc) is 2.26. The zero-order valence-electron chi connectivity index (χ0n) is 8.20. The molecule has 0 atom stereocenters. The third-order valence-corrected chi connectivity index (χ3v) is 2.43. The predicted octanol–water partition coefficient (Wildman–Crippen LogP) is 1.98. The molecule has 0 fully saturated rings. The van der Waals surface area contributed by atoms with Crippen LogP contribution in [0.15, 0.2) is 24.3 Å². The second-order valence-corrected chi connectivity index (χ2v) is 3.41. The zero-order chi connectivity index (χ0) is 9.80. The van der Waals surface area contributed by atoms with Crippen molar-refractivity contribution in [3.8, 4) is 5.75 Å². The van der Waals surface area contributed by atoms with Gasteiger partial charge in [0.2, 0.25) is 0 Å². The number of benzene rings is 1. The molecule has 1 heterocycles. The van der Waals surface area contributed by atoms with Gasteiger partial charge in [0.05, 0.1) is 6.61 Å². The van der Waals surface area contributed by atoms with Crippen LogP contribution in [0.1, 0.15) is 17.5 Å². The van der Waals surface area contributed by atoms with Crippen molar-refractivity contribution >= 4 is 6.08 Å². The third kappa shape index (κ3) is 1.80. The minimum atomic E-state index is 0.588. The lowest BCUT2D eigenvalue weighted by Crippen LogP contribution is -2.09. The summed E-state index contributed by atoms with van der Waals surface area (Å²) in [6.45, 7) is 1.43. The Balaban J connectivity index is 2.35. The molecule has 0 amide bonds. The fourth-order valence-electron chi connectivity index (χ4n) is 1.77. The van der Waals surface area contributed by atoms with Crippen LogP contribution in [0.3, 0.4) is 0 Å². The van der Waals surface area contributed by atoms with E-state index in [1.807, 2.05) is 18.2 Å². The molecule has 0 radical (unpaired) electrons. The Morgan fingerprint density at radius 3 is 3.21 bits per heavy atom. The molecule has 0 bridgehead atoms. The third-order valence-electron chi connectivity index (χ3n) is 2.43. The van der Waals surface area contributed by atoms with Gasteiger partial charge in [-0.15, -0.1) is 0 Å². The fraction of sp³-hybridized carbons (Fsp3) is 0.333. The van der Waals surface area contributed by atoms with Crippen molar-refractivity contribution in [2.24, 2.45) is 5.73 Å². The molecule has 0 unspecified atom stereocenters. The molecule has 74 valence electrons. The van der Waals surface area contributed by atoms with E-state index in [0.29, 0.717) is 6.54 Å². The van der Waals surface area contributed by atoms with Crippen LogP contribution in [-0.2, 0) is 6.42 Å². The summed E-state index contributed by atoms with van der Waals surface area (Å²) in [5, 5.41) is 0. The van der Waals surface area contributed by atoms with Crippen molar-refractivity contribution < 1.29 is 4.74 Å². The Bertz CT molecular complexity index is 344. The molecule has 1 aromatic rings. The molecule has 2 nitrogen and oxygen atoms in total. The monoisotopic (exact) mass is 189 g/mol. The highest BCUT2D eigenvalue weighted by Crippen LogP contribution is 2.28. The number of rotatable bonds is 2. The Hall–Kier alpha value is -1.28. The first-order chi connectivity index (χ1) is 6.92. The SMILES string of the molecule is NCC=Cc1cccc2c1CCCO2. The number of ether oxygens (including phenoxy) is 1. The maximum Gasteiger partial charge on any atom is 0.123 e. The van der Waals surface area contributed by atoms with Gasteiger partial charge in [0.15, 0.2) is 0 Å². The van der Waals surface area contributed by atoms with Gasteiger partial charge in [0.25, 0.3) is 0 Å². The van der Waals surface area contributed by atoms with Crippen LogP contribution in [-0.4, -0.2) is 13.2 Å². The van der Waals surface area contributed by atoms with E-state index < -0.39 is 0 Å². The minimum absolute atomic E-state index is 0.588. The molecule has 0 saturated carbocycles. The Morgan fingerprint density at radius 2 is 2.36 bits per heavy atom. The average molecular weight is 189 g/mol. The quantitative estimate of drug-likeness (QED) is 0.772. The highest BCUT2D eigenvalue weighted by molar-refractivity contribution is 5.58. The molecule has 2 heteroatoms. The molecule has 2 rings (SSSR count). The van der Waals surface area contributed by atoms with E-state index in [4.69, 9.17) is 10.5 Å². The van der Waals surface area contributed by atoms with Gasteiger partial charge in [-0.1, -0.05) is 24.3 Å². The first kappa shape index (κ1) is 9.28. The van der Waals surface area contributed by atoms with Crippen LogP contribution in [0.2, 0.25) is 0 Å². The predicted molar refractivity (Wildman–Crippen MR) is 58.3 cm³/mol. The van der Waals surface area contributed by atoms with E-state index in [2.05, 4.69) is 12.1 Å². The van der Waals surface area contributed by atoms with E-state index in [9.17, 15) is 0 Å². The van der Waals surface area contributed by atoms with E-state index >= 15 is 0 Å². The maximum absolute atomic E-state index is 5.58. The van der Waals surface area contributed by atoms with Crippen molar-refractivity contribution in [3.05, 3.63) is 35.4 Å². The summed E-state index contributed by atoms with van der Waals surface area (Å²) in [7, 11) is 0. The van der Waals surface area contributed by atoms with Crippen molar-refractivity contribution in [2.45, 2.75) is 12.8 Å². The molecule has 0 spiro atoms. The largest absolute Gasteiger partial charge is 0.493 e. The van der Waals surface area contributed by atoms with E-state index in [0.717, 1.165) is 25.2 Å². The lowest BCUT2D eigenvalue weighted by molar-refractivity contribution is 0.288. The highest BCUT2D eigenvalue weighted by atomic mass is 16.5. The second-order valence-electron chi connectivity index (χ2n) is 3.41. The van der Waals surface area contributed by atoms with Gasteiger partial charge in [0.1, 0.15) is 5.75 Å². The molecule has 0 saturated heterocycles. The van der Waals surface area contributed by atoms with Gasteiger partial charge in [-0.2, -0.15) is 0 Å². The summed E-state index contributed by atoms with van der Waals surface area (Å²) in [5.41, 5.74) is 8.00. The summed E-state index contributed by atoms with van der Waals surface area (Å²) >= 11 is 0. The highest BCUT2D eigenvalue weighted by Gasteiger charge is 2.11. The van der Waals surface area contributed by atoms with Crippen molar-refractivity contribution in [1.29, 1.82) is 0 Å². The standard InChI is InChI=1S/C12H15NO/c13-8-2-5-10-4-1-7-12-11(10)6-3-9-14-12/h1-2,4-5,7H,3,6,8-9,13H2. The molecule has 0 aromatic heterocycles. The minimum Gasteiger partial charge on any atom is -0.493 e. The van der Waals surface area contributed by atoms with Crippen LogP contribution in [0.5, 0.6) is 5.75 Å². The zero-order valence-corrected chi connectivity index (χ0v) is 8.20. The number of hydrogen-bond donors (Lipinski definition) is 1. The van der Waals surface area contributed by atoms with Gasteiger partial charge in [-0.25, -0.2) is 0 Å². The number of nitrogens with two attached hydrogens (primary N) is 1. The summed E-state index contributed by atoms with van der Waals surface area (Å²) < 4.78 is 5.58. The first-order valence-corrected chi connectivity index (χ1v) is 5.03. The van der Waals surface area contributed by atoms with Crippen LogP contribution < -0.4 is 10.5 Å². The van der Waals surface area contributed by atoms with Crippen molar-refractivity contribution in [3.63, 3.8) is 0 Å². The summed E-state index contributed by atoms with van der Waals surface area (Å²) in [6, 6.07) is 6.17. The molecular weight excluding hydrogens is 174 g/mol. The topological polar surface area (TPSA) is 35.2 Å². The Kier molecular flexibility index (Phi) is 2.84. The van der Waals surface area contributed by atoms with Crippen LogP contribution in [0.25, 0.3) is 6.08 Å². The van der Waals surface area contributed by atoms with Crippen LogP contribution >= 0.6 is 0 Å². The molecule has 0 aliphatic carbocycles. The molecule has 1 aliphatic rings. The normalized spacial score (nSPS) is 15.2. The van der Waals surface area contributed by atoms with Gasteiger partial charge >= 0.3 is 0 Å². The fourth-order valence-corrected chi connectivity index (χ4v) is 1.77. The van der Waals surface area contributed by atoms with E-state index in [1.165, 1.54) is 11.1 Å². The Morgan fingerprint density at radius 1 is 1.43 bits per heavy atom. The summed E-state index contributed by atoms with van der Waals surface area (Å²) in [6.07, 6.45) is 6.28. The van der Waals surface area contributed by atoms with Crippen LogP contribution in [0.4, 0.5) is 0 Å². The van der Waals surface area contributed by atoms with Crippen LogP contribution in [0, 0.1) is 0 Å². The molecule has 14 heavy (non-hydrogen) atoms. The molecule has 2 N–H and O–H groups in total. The lowest BCUT2D eigenvalue weighted by Gasteiger charge is -2.18.